The van der Waals surface area contributed by atoms with Crippen LogP contribution in [-0.4, -0.2) is 13.0 Å². The van der Waals surface area contributed by atoms with E-state index >= 15 is 0 Å². The van der Waals surface area contributed by atoms with Gasteiger partial charge in [-0.3, -0.25) is 4.55 Å². The van der Waals surface area contributed by atoms with E-state index < -0.39 is 10.4 Å². The fourth-order valence-electron chi connectivity index (χ4n) is 1.75. The summed E-state index contributed by atoms with van der Waals surface area (Å²) in [6.07, 6.45) is 14.8. The summed E-state index contributed by atoms with van der Waals surface area (Å²) in [5.74, 6) is 0. The zero-order valence-corrected chi connectivity index (χ0v) is 12.1. The maximum atomic E-state index is 10.2. The Kier molecular flexibility index (Phi) is 11.2. The van der Waals surface area contributed by atoms with Crippen LogP contribution < -0.4 is 0 Å². The van der Waals surface area contributed by atoms with Gasteiger partial charge in [0.15, 0.2) is 0 Å². The van der Waals surface area contributed by atoms with Crippen molar-refractivity contribution in [3.63, 3.8) is 0 Å². The second-order valence-corrected chi connectivity index (χ2v) is 5.56. The van der Waals surface area contributed by atoms with Crippen molar-refractivity contribution in [2.45, 2.75) is 71.1 Å². The summed E-state index contributed by atoms with van der Waals surface area (Å²) in [6.45, 7) is 2.22. The second kappa shape index (κ2) is 11.5. The van der Waals surface area contributed by atoms with E-state index in [0.717, 1.165) is 25.5 Å². The molecule has 108 valence electrons. The quantitative estimate of drug-likeness (QED) is 0.329. The molecule has 0 spiro atoms. The van der Waals surface area contributed by atoms with E-state index in [9.17, 15) is 8.42 Å². The lowest BCUT2D eigenvalue weighted by Crippen LogP contribution is -1.96. The molecule has 0 bridgehead atoms. The molecule has 0 rings (SSSR count). The van der Waals surface area contributed by atoms with Crippen LogP contribution >= 0.6 is 0 Å². The highest BCUT2D eigenvalue weighted by Crippen LogP contribution is 2.10. The first kappa shape index (κ1) is 17.4. The Bertz CT molecular complexity index is 296. The van der Waals surface area contributed by atoms with E-state index in [1.807, 2.05) is 0 Å². The van der Waals surface area contributed by atoms with Gasteiger partial charge in [0.1, 0.15) is 6.26 Å². The summed E-state index contributed by atoms with van der Waals surface area (Å²) in [4.78, 5) is 0. The van der Waals surface area contributed by atoms with Crippen molar-refractivity contribution in [1.82, 2.24) is 0 Å². The van der Waals surface area contributed by atoms with Crippen molar-refractivity contribution in [1.29, 1.82) is 0 Å². The standard InChI is InChI=1S/C13H26O4S/c1-2-3-4-5-6-7-8-9-10-11-12-13-17-18(14,15)16/h12-13H,2-11H2,1H3,(H,14,15,16)/b13-12+. The van der Waals surface area contributed by atoms with Crippen LogP contribution in [0.3, 0.4) is 0 Å². The average molecular weight is 278 g/mol. The lowest BCUT2D eigenvalue weighted by atomic mass is 10.1. The molecule has 0 radical (unpaired) electrons. The Morgan fingerprint density at radius 2 is 1.44 bits per heavy atom. The van der Waals surface area contributed by atoms with Gasteiger partial charge < -0.3 is 4.18 Å². The van der Waals surface area contributed by atoms with Gasteiger partial charge in [0.2, 0.25) is 0 Å². The summed E-state index contributed by atoms with van der Waals surface area (Å²) >= 11 is 0. The zero-order chi connectivity index (χ0) is 13.7. The average Bonchev–Trinajstić information content (AvgIpc) is 2.29. The van der Waals surface area contributed by atoms with Gasteiger partial charge in [-0.05, 0) is 18.9 Å². The van der Waals surface area contributed by atoms with Crippen molar-refractivity contribution in [3.8, 4) is 0 Å². The monoisotopic (exact) mass is 278 g/mol. The summed E-state index contributed by atoms with van der Waals surface area (Å²) in [5.41, 5.74) is 0. The fraction of sp³-hybridized carbons (Fsp3) is 0.846. The highest BCUT2D eigenvalue weighted by atomic mass is 32.3. The molecule has 0 aromatic carbocycles. The van der Waals surface area contributed by atoms with Crippen LogP contribution in [0.1, 0.15) is 71.1 Å². The van der Waals surface area contributed by atoms with Crippen LogP contribution in [0.5, 0.6) is 0 Å². The van der Waals surface area contributed by atoms with Gasteiger partial charge in [-0.25, -0.2) is 0 Å². The van der Waals surface area contributed by atoms with Gasteiger partial charge in [0, 0.05) is 0 Å². The third-order valence-corrected chi connectivity index (χ3v) is 3.10. The topological polar surface area (TPSA) is 63.6 Å². The normalized spacial score (nSPS) is 12.1. The molecule has 0 aliphatic rings. The van der Waals surface area contributed by atoms with E-state index in [4.69, 9.17) is 4.55 Å². The van der Waals surface area contributed by atoms with Crippen molar-refractivity contribution in [3.05, 3.63) is 12.3 Å². The Morgan fingerprint density at radius 1 is 0.944 bits per heavy atom. The van der Waals surface area contributed by atoms with Crippen LogP contribution in [-0.2, 0) is 14.6 Å². The number of unbranched alkanes of at least 4 members (excludes halogenated alkanes) is 9. The van der Waals surface area contributed by atoms with E-state index in [-0.39, 0.29) is 0 Å². The largest absolute Gasteiger partial charge is 0.445 e. The van der Waals surface area contributed by atoms with Crippen molar-refractivity contribution in [2.75, 3.05) is 0 Å². The molecule has 0 aliphatic heterocycles. The minimum absolute atomic E-state index is 0.783. The molecule has 0 fully saturated rings. The molecule has 18 heavy (non-hydrogen) atoms. The van der Waals surface area contributed by atoms with E-state index in [1.165, 1.54) is 44.9 Å². The molecule has 0 aromatic heterocycles. The number of hydrogen-bond donors (Lipinski definition) is 1. The molecule has 0 heterocycles. The molecule has 0 aliphatic carbocycles. The second-order valence-electron chi connectivity index (χ2n) is 4.51. The smallest absolute Gasteiger partial charge is 0.370 e. The van der Waals surface area contributed by atoms with E-state index in [2.05, 4.69) is 11.1 Å². The SMILES string of the molecule is CCCCCCCCCCC/C=C/OS(=O)(=O)O. The summed E-state index contributed by atoms with van der Waals surface area (Å²) in [5, 5.41) is 0. The van der Waals surface area contributed by atoms with Crippen LogP contribution in [0, 0.1) is 0 Å². The molecule has 4 nitrogen and oxygen atoms in total. The molecule has 0 saturated heterocycles. The van der Waals surface area contributed by atoms with E-state index in [1.54, 1.807) is 6.08 Å². The fourth-order valence-corrected chi connectivity index (χ4v) is 1.97. The third-order valence-electron chi connectivity index (χ3n) is 2.75. The Balaban J connectivity index is 3.16. The van der Waals surface area contributed by atoms with Gasteiger partial charge in [0.05, 0.1) is 0 Å². The molecule has 0 amide bonds. The molecule has 1 N–H and O–H groups in total. The Labute approximate surface area is 111 Å². The van der Waals surface area contributed by atoms with Crippen LogP contribution in [0.2, 0.25) is 0 Å². The van der Waals surface area contributed by atoms with Crippen LogP contribution in [0.4, 0.5) is 0 Å². The first-order valence-corrected chi connectivity index (χ1v) is 8.23. The van der Waals surface area contributed by atoms with Crippen molar-refractivity contribution in [2.24, 2.45) is 0 Å². The van der Waals surface area contributed by atoms with Crippen LogP contribution in [0.25, 0.3) is 0 Å². The van der Waals surface area contributed by atoms with Crippen molar-refractivity contribution >= 4 is 10.4 Å². The predicted octanol–water partition coefficient (Wildman–Crippen LogP) is 4.24. The molecule has 0 atom stereocenters. The summed E-state index contributed by atoms with van der Waals surface area (Å²) in [7, 11) is -4.32. The predicted molar refractivity (Wildman–Crippen MR) is 73.6 cm³/mol. The van der Waals surface area contributed by atoms with Gasteiger partial charge in [-0.1, -0.05) is 58.3 Å². The number of rotatable bonds is 12. The molecular weight excluding hydrogens is 252 g/mol. The Hall–Kier alpha value is -0.550. The minimum Gasteiger partial charge on any atom is -0.370 e. The number of allylic oxidation sites excluding steroid dienone is 1. The summed E-state index contributed by atoms with van der Waals surface area (Å²) < 4.78 is 32.7. The lowest BCUT2D eigenvalue weighted by molar-refractivity contribution is 0.355. The minimum atomic E-state index is -4.32. The molecule has 0 unspecified atom stereocenters. The molecule has 5 heteroatoms. The maximum Gasteiger partial charge on any atom is 0.445 e. The van der Waals surface area contributed by atoms with Gasteiger partial charge in [-0.15, -0.1) is 0 Å². The molecule has 0 aromatic rings. The van der Waals surface area contributed by atoms with Gasteiger partial charge in [-0.2, -0.15) is 8.42 Å². The Morgan fingerprint density at radius 3 is 1.94 bits per heavy atom. The van der Waals surface area contributed by atoms with Crippen LogP contribution in [0.15, 0.2) is 12.3 Å². The lowest BCUT2D eigenvalue weighted by Gasteiger charge is -2.00. The molecule has 0 saturated carbocycles. The number of hydrogen-bond acceptors (Lipinski definition) is 3. The zero-order valence-electron chi connectivity index (χ0n) is 11.3. The summed E-state index contributed by atoms with van der Waals surface area (Å²) in [6, 6.07) is 0. The van der Waals surface area contributed by atoms with Gasteiger partial charge in [0.25, 0.3) is 0 Å². The highest BCUT2D eigenvalue weighted by Gasteiger charge is 1.98. The molecular formula is C13H26O4S. The van der Waals surface area contributed by atoms with E-state index in [0.29, 0.717) is 0 Å². The first-order chi connectivity index (χ1) is 8.56. The highest BCUT2D eigenvalue weighted by molar-refractivity contribution is 7.81. The van der Waals surface area contributed by atoms with Gasteiger partial charge >= 0.3 is 10.4 Å². The third kappa shape index (κ3) is 15.4. The maximum absolute atomic E-state index is 10.2. The first-order valence-electron chi connectivity index (χ1n) is 6.87. The van der Waals surface area contributed by atoms with Crippen molar-refractivity contribution < 1.29 is 17.2 Å².